The molecule has 4 nitrogen and oxygen atoms in total. The minimum absolute atomic E-state index is 0.162. The predicted molar refractivity (Wildman–Crippen MR) is 68.6 cm³/mol. The molecule has 0 aliphatic heterocycles. The molecule has 0 aliphatic carbocycles. The van der Waals surface area contributed by atoms with Crippen LogP contribution in [0.15, 0.2) is 22.8 Å². The van der Waals surface area contributed by atoms with Crippen molar-refractivity contribution in [2.24, 2.45) is 0 Å². The zero-order chi connectivity index (χ0) is 14.0. The van der Waals surface area contributed by atoms with E-state index in [1.807, 2.05) is 0 Å². The van der Waals surface area contributed by atoms with Crippen molar-refractivity contribution < 1.29 is 13.6 Å². The van der Waals surface area contributed by atoms with Crippen LogP contribution in [0, 0.1) is 18.6 Å². The quantitative estimate of drug-likeness (QED) is 0.909. The molecule has 1 aromatic carbocycles. The van der Waals surface area contributed by atoms with Crippen LogP contribution in [0.5, 0.6) is 0 Å². The largest absolute Gasteiger partial charge is 0.346 e. The van der Waals surface area contributed by atoms with E-state index in [-0.39, 0.29) is 17.7 Å². The minimum Gasteiger partial charge on any atom is -0.346 e. The van der Waals surface area contributed by atoms with Crippen LogP contribution in [0.25, 0.3) is 0 Å². The van der Waals surface area contributed by atoms with E-state index in [0.29, 0.717) is 16.2 Å². The van der Waals surface area contributed by atoms with Gasteiger partial charge in [0.15, 0.2) is 0 Å². The SMILES string of the molecule is Cc1cc(C(=O)NCc2[nH]ncc2Br)c(F)cc1F. The molecule has 2 rings (SSSR count). The standard InChI is InChI=1S/C12H10BrF2N3O/c1-6-2-7(10(15)3-9(6)14)12(19)16-5-11-8(13)4-17-18-11/h2-4H,5H2,1H3,(H,16,19)(H,17,18). The summed E-state index contributed by atoms with van der Waals surface area (Å²) in [5.74, 6) is -2.17. The van der Waals surface area contributed by atoms with Crippen molar-refractivity contribution in [1.82, 2.24) is 15.5 Å². The smallest absolute Gasteiger partial charge is 0.254 e. The van der Waals surface area contributed by atoms with Crippen LogP contribution < -0.4 is 5.32 Å². The lowest BCUT2D eigenvalue weighted by Gasteiger charge is -2.07. The molecule has 1 heterocycles. The highest BCUT2D eigenvalue weighted by atomic mass is 79.9. The Kier molecular flexibility index (Phi) is 3.94. The van der Waals surface area contributed by atoms with Gasteiger partial charge in [0.25, 0.3) is 5.91 Å². The molecular weight excluding hydrogens is 320 g/mol. The minimum atomic E-state index is -0.885. The van der Waals surface area contributed by atoms with Gasteiger partial charge in [-0.3, -0.25) is 9.89 Å². The number of rotatable bonds is 3. The second kappa shape index (κ2) is 5.48. The number of H-pyrrole nitrogens is 1. The van der Waals surface area contributed by atoms with E-state index < -0.39 is 17.5 Å². The van der Waals surface area contributed by atoms with Gasteiger partial charge in [-0.2, -0.15) is 5.10 Å². The van der Waals surface area contributed by atoms with E-state index in [0.717, 1.165) is 0 Å². The van der Waals surface area contributed by atoms with Gasteiger partial charge in [0.2, 0.25) is 0 Å². The summed E-state index contributed by atoms with van der Waals surface area (Å²) in [5.41, 5.74) is 0.691. The Hall–Kier alpha value is -1.76. The molecule has 1 amide bonds. The fourth-order valence-corrected chi connectivity index (χ4v) is 1.85. The summed E-state index contributed by atoms with van der Waals surface area (Å²) in [6, 6.07) is 1.89. The summed E-state index contributed by atoms with van der Waals surface area (Å²) in [5, 5.41) is 8.98. The van der Waals surface area contributed by atoms with Gasteiger partial charge in [-0.25, -0.2) is 8.78 Å². The lowest BCUT2D eigenvalue weighted by atomic mass is 10.1. The summed E-state index contributed by atoms with van der Waals surface area (Å²) in [4.78, 5) is 11.8. The van der Waals surface area contributed by atoms with Crippen LogP contribution in [-0.4, -0.2) is 16.1 Å². The molecule has 0 unspecified atom stereocenters. The van der Waals surface area contributed by atoms with E-state index in [9.17, 15) is 13.6 Å². The summed E-state index contributed by atoms with van der Waals surface area (Å²) >= 11 is 3.24. The highest BCUT2D eigenvalue weighted by Gasteiger charge is 2.15. The number of halogens is 3. The number of carbonyl (C=O) groups is 1. The lowest BCUT2D eigenvalue weighted by molar-refractivity contribution is 0.0946. The zero-order valence-electron chi connectivity index (χ0n) is 9.93. The Balaban J connectivity index is 2.12. The van der Waals surface area contributed by atoms with Gasteiger partial charge >= 0.3 is 0 Å². The number of hydrogen-bond acceptors (Lipinski definition) is 2. The molecule has 0 radical (unpaired) electrons. The molecule has 1 aromatic heterocycles. The Bertz CT molecular complexity index is 627. The maximum atomic E-state index is 13.5. The monoisotopic (exact) mass is 329 g/mol. The van der Waals surface area contributed by atoms with Crippen molar-refractivity contribution >= 4 is 21.8 Å². The van der Waals surface area contributed by atoms with Gasteiger partial charge in [0, 0.05) is 6.07 Å². The van der Waals surface area contributed by atoms with Crippen LogP contribution in [0.4, 0.5) is 8.78 Å². The number of aromatic amines is 1. The van der Waals surface area contributed by atoms with E-state index in [2.05, 4.69) is 31.4 Å². The number of carbonyl (C=O) groups excluding carboxylic acids is 1. The van der Waals surface area contributed by atoms with Gasteiger partial charge in [0.1, 0.15) is 11.6 Å². The molecule has 0 saturated carbocycles. The highest BCUT2D eigenvalue weighted by Crippen LogP contribution is 2.15. The summed E-state index contributed by atoms with van der Waals surface area (Å²) in [6.45, 7) is 1.63. The third-order valence-corrected chi connectivity index (χ3v) is 3.27. The molecule has 0 bridgehead atoms. The highest BCUT2D eigenvalue weighted by molar-refractivity contribution is 9.10. The Morgan fingerprint density at radius 1 is 1.42 bits per heavy atom. The van der Waals surface area contributed by atoms with Crippen molar-refractivity contribution in [2.45, 2.75) is 13.5 Å². The van der Waals surface area contributed by atoms with Gasteiger partial charge in [0.05, 0.1) is 28.5 Å². The molecular formula is C12H10BrF2N3O. The van der Waals surface area contributed by atoms with Crippen LogP contribution in [0.2, 0.25) is 0 Å². The van der Waals surface area contributed by atoms with Crippen molar-refractivity contribution in [2.75, 3.05) is 0 Å². The Morgan fingerprint density at radius 3 is 2.79 bits per heavy atom. The van der Waals surface area contributed by atoms with E-state index in [1.165, 1.54) is 13.0 Å². The number of aromatic nitrogens is 2. The second-order valence-corrected chi connectivity index (χ2v) is 4.81. The Labute approximate surface area is 116 Å². The molecule has 2 aromatic rings. The van der Waals surface area contributed by atoms with Crippen LogP contribution in [0.1, 0.15) is 21.6 Å². The summed E-state index contributed by atoms with van der Waals surface area (Å²) < 4.78 is 27.3. The fraction of sp³-hybridized carbons (Fsp3) is 0.167. The van der Waals surface area contributed by atoms with Gasteiger partial charge < -0.3 is 5.32 Å². The van der Waals surface area contributed by atoms with E-state index in [4.69, 9.17) is 0 Å². The first-order valence-corrected chi connectivity index (χ1v) is 6.20. The number of aryl methyl sites for hydroxylation is 1. The lowest BCUT2D eigenvalue weighted by Crippen LogP contribution is -2.24. The van der Waals surface area contributed by atoms with Crippen LogP contribution in [0.3, 0.4) is 0 Å². The molecule has 0 fully saturated rings. The number of nitrogens with zero attached hydrogens (tertiary/aromatic N) is 1. The maximum absolute atomic E-state index is 13.5. The normalized spacial score (nSPS) is 10.5. The topological polar surface area (TPSA) is 57.8 Å². The average molecular weight is 330 g/mol. The van der Waals surface area contributed by atoms with Crippen LogP contribution >= 0.6 is 15.9 Å². The first-order chi connectivity index (χ1) is 8.99. The van der Waals surface area contributed by atoms with Crippen molar-refractivity contribution in [3.63, 3.8) is 0 Å². The predicted octanol–water partition coefficient (Wildman–Crippen LogP) is 2.69. The molecule has 0 saturated heterocycles. The zero-order valence-corrected chi connectivity index (χ0v) is 11.5. The molecule has 100 valence electrons. The Morgan fingerprint density at radius 2 is 2.16 bits per heavy atom. The van der Waals surface area contributed by atoms with Crippen molar-refractivity contribution in [3.05, 3.63) is 51.3 Å². The fourth-order valence-electron chi connectivity index (χ4n) is 1.52. The second-order valence-electron chi connectivity index (χ2n) is 3.96. The number of hydrogen-bond donors (Lipinski definition) is 2. The van der Waals surface area contributed by atoms with Gasteiger partial charge in [-0.05, 0) is 34.5 Å². The molecule has 0 spiro atoms. The maximum Gasteiger partial charge on any atom is 0.254 e. The molecule has 19 heavy (non-hydrogen) atoms. The first kappa shape index (κ1) is 13.7. The average Bonchev–Trinajstić information content (AvgIpc) is 2.76. The molecule has 7 heteroatoms. The molecule has 0 atom stereocenters. The van der Waals surface area contributed by atoms with Crippen molar-refractivity contribution in [1.29, 1.82) is 0 Å². The third-order valence-electron chi connectivity index (χ3n) is 2.58. The molecule has 2 N–H and O–H groups in total. The van der Waals surface area contributed by atoms with Gasteiger partial charge in [-0.1, -0.05) is 0 Å². The van der Waals surface area contributed by atoms with Gasteiger partial charge in [-0.15, -0.1) is 0 Å². The molecule has 0 aliphatic rings. The van der Waals surface area contributed by atoms with E-state index in [1.54, 1.807) is 6.20 Å². The number of nitrogens with one attached hydrogen (secondary N) is 2. The van der Waals surface area contributed by atoms with Crippen molar-refractivity contribution in [3.8, 4) is 0 Å². The van der Waals surface area contributed by atoms with Crippen LogP contribution in [-0.2, 0) is 6.54 Å². The summed E-state index contributed by atoms with van der Waals surface area (Å²) in [6.07, 6.45) is 1.55. The number of amides is 1. The first-order valence-electron chi connectivity index (χ1n) is 5.40. The summed E-state index contributed by atoms with van der Waals surface area (Å²) in [7, 11) is 0. The van der Waals surface area contributed by atoms with E-state index >= 15 is 0 Å². The third kappa shape index (κ3) is 2.98. The number of benzene rings is 1.